The Bertz CT molecular complexity index is 2420. The Hall–Kier alpha value is -5.32. The lowest BCUT2D eigenvalue weighted by molar-refractivity contribution is 0.415. The number of methoxy groups -OCH3 is 2. The van der Waals surface area contributed by atoms with Crippen molar-refractivity contribution in [2.24, 2.45) is 0 Å². The minimum Gasteiger partial charge on any atom is -0.497 e. The van der Waals surface area contributed by atoms with Gasteiger partial charge in [-0.25, -0.2) is 9.97 Å². The van der Waals surface area contributed by atoms with Gasteiger partial charge in [0.15, 0.2) is 22.9 Å². The first kappa shape index (κ1) is 29.4. The average Bonchev–Trinajstić information content (AvgIpc) is 3.72. The van der Waals surface area contributed by atoms with Crippen LogP contribution in [0.3, 0.4) is 0 Å². The van der Waals surface area contributed by atoms with Gasteiger partial charge in [-0.1, -0.05) is 47.5 Å². The average molecular weight is 650 g/mol. The highest BCUT2D eigenvalue weighted by Crippen LogP contribution is 2.32. The molecule has 0 saturated carbocycles. The van der Waals surface area contributed by atoms with Crippen LogP contribution in [-0.2, 0) is 0 Å². The molecule has 46 heavy (non-hydrogen) atoms. The third-order valence-electron chi connectivity index (χ3n) is 7.63. The summed E-state index contributed by atoms with van der Waals surface area (Å²) in [6.07, 6.45) is 0. The van der Waals surface area contributed by atoms with E-state index < -0.39 is 0 Å². The van der Waals surface area contributed by atoms with Crippen molar-refractivity contribution in [1.29, 1.82) is 0 Å². The summed E-state index contributed by atoms with van der Waals surface area (Å²) in [5, 5.41) is 18.5. The maximum absolute atomic E-state index is 6.34. The molecule has 4 aromatic carbocycles. The van der Waals surface area contributed by atoms with Gasteiger partial charge in [0.2, 0.25) is 0 Å². The number of fused-ring (bicyclic) bond motifs is 6. The van der Waals surface area contributed by atoms with E-state index in [9.17, 15) is 0 Å². The summed E-state index contributed by atoms with van der Waals surface area (Å²) in [6.45, 7) is 3.84. The number of hydrogen-bond donors (Lipinski definition) is 0. The maximum atomic E-state index is 6.34. The third kappa shape index (κ3) is 5.01. The van der Waals surface area contributed by atoms with E-state index in [1.165, 1.54) is 0 Å². The summed E-state index contributed by atoms with van der Waals surface area (Å²) in [5.74, 6) is 2.90. The van der Waals surface area contributed by atoms with Gasteiger partial charge in [-0.3, -0.25) is 8.80 Å². The zero-order valence-corrected chi connectivity index (χ0v) is 26.7. The van der Waals surface area contributed by atoms with Crippen molar-refractivity contribution in [2.45, 2.75) is 13.8 Å². The standard InChI is InChI=1S/2C17H13ClN4O/c1-10-16-20-21-17(12-5-3-4-6-13(12)18)22(16)15-8-7-11(23-2)9-14(15)19-10;1-10-16-20-21-17(12-5-3-4-6-13(12)18)22(16)15-9-11(23-2)7-8-14(15)19-10/h2*3-9H,1-2H3. The molecule has 0 aliphatic carbocycles. The zero-order valence-electron chi connectivity index (χ0n) is 25.2. The molecule has 10 nitrogen and oxygen atoms in total. The Balaban J connectivity index is 0.000000147. The largest absolute Gasteiger partial charge is 0.497 e. The Morgan fingerprint density at radius 2 is 1.04 bits per heavy atom. The highest BCUT2D eigenvalue weighted by molar-refractivity contribution is 6.33. The van der Waals surface area contributed by atoms with Gasteiger partial charge in [-0.05, 0) is 62.4 Å². The van der Waals surface area contributed by atoms with Crippen molar-refractivity contribution in [2.75, 3.05) is 14.2 Å². The highest BCUT2D eigenvalue weighted by atomic mass is 35.5. The monoisotopic (exact) mass is 648 g/mol. The summed E-state index contributed by atoms with van der Waals surface area (Å²) >= 11 is 12.7. The normalized spacial score (nSPS) is 11.3. The van der Waals surface area contributed by atoms with Gasteiger partial charge in [0.25, 0.3) is 0 Å². The van der Waals surface area contributed by atoms with Gasteiger partial charge < -0.3 is 9.47 Å². The van der Waals surface area contributed by atoms with Crippen molar-refractivity contribution >= 4 is 56.6 Å². The fraction of sp³-hybridized carbons (Fsp3) is 0.118. The molecule has 0 bridgehead atoms. The van der Waals surface area contributed by atoms with Gasteiger partial charge in [-0.15, -0.1) is 20.4 Å². The number of hydrogen-bond acceptors (Lipinski definition) is 8. The lowest BCUT2D eigenvalue weighted by Gasteiger charge is -2.09. The van der Waals surface area contributed by atoms with Crippen LogP contribution in [0.25, 0.3) is 56.1 Å². The topological polar surface area (TPSA) is 105 Å². The molecule has 0 unspecified atom stereocenters. The van der Waals surface area contributed by atoms with E-state index >= 15 is 0 Å². The first-order valence-electron chi connectivity index (χ1n) is 14.3. The minimum absolute atomic E-state index is 0.632. The molecule has 8 rings (SSSR count). The van der Waals surface area contributed by atoms with Gasteiger partial charge in [0, 0.05) is 23.3 Å². The predicted molar refractivity (Wildman–Crippen MR) is 180 cm³/mol. The van der Waals surface area contributed by atoms with Crippen LogP contribution in [0.5, 0.6) is 11.5 Å². The maximum Gasteiger partial charge on any atom is 0.183 e. The summed E-state index contributed by atoms with van der Waals surface area (Å²) < 4.78 is 14.6. The molecular formula is C34H26Cl2N8O2. The van der Waals surface area contributed by atoms with Crippen LogP contribution in [0.15, 0.2) is 84.9 Å². The third-order valence-corrected chi connectivity index (χ3v) is 8.29. The Morgan fingerprint density at radius 3 is 1.61 bits per heavy atom. The van der Waals surface area contributed by atoms with Gasteiger partial charge >= 0.3 is 0 Å². The molecular weight excluding hydrogens is 623 g/mol. The van der Waals surface area contributed by atoms with Crippen LogP contribution >= 0.6 is 23.2 Å². The van der Waals surface area contributed by atoms with Crippen molar-refractivity contribution in [3.05, 3.63) is 106 Å². The second kappa shape index (κ2) is 11.9. The Labute approximate surface area is 273 Å². The van der Waals surface area contributed by atoms with Crippen LogP contribution in [0.1, 0.15) is 11.4 Å². The van der Waals surface area contributed by atoms with Crippen LogP contribution < -0.4 is 9.47 Å². The summed E-state index contributed by atoms with van der Waals surface area (Å²) in [6, 6.07) is 26.7. The first-order valence-corrected chi connectivity index (χ1v) is 15.0. The molecule has 0 aliphatic heterocycles. The van der Waals surface area contributed by atoms with E-state index in [0.717, 1.165) is 61.7 Å². The number of nitrogens with zero attached hydrogens (tertiary/aromatic N) is 8. The van der Waals surface area contributed by atoms with E-state index in [2.05, 4.69) is 30.4 Å². The summed E-state index contributed by atoms with van der Waals surface area (Å²) in [5.41, 5.74) is 8.17. The molecule has 12 heteroatoms. The van der Waals surface area contributed by atoms with Gasteiger partial charge in [-0.2, -0.15) is 0 Å². The Kier molecular flexibility index (Phi) is 7.59. The number of benzene rings is 4. The molecule has 0 amide bonds. The van der Waals surface area contributed by atoms with E-state index in [0.29, 0.717) is 27.3 Å². The first-order chi connectivity index (χ1) is 22.4. The number of halogens is 2. The fourth-order valence-electron chi connectivity index (χ4n) is 5.40. The van der Waals surface area contributed by atoms with E-state index in [1.807, 2.05) is 108 Å². The molecule has 0 saturated heterocycles. The second-order valence-corrected chi connectivity index (χ2v) is 11.2. The van der Waals surface area contributed by atoms with Gasteiger partial charge in [0.05, 0.1) is 57.7 Å². The van der Waals surface area contributed by atoms with Crippen molar-refractivity contribution in [3.8, 4) is 34.3 Å². The summed E-state index contributed by atoms with van der Waals surface area (Å²) in [7, 11) is 3.28. The SMILES string of the molecule is COc1ccc2c(c1)nc(C)c1nnc(-c3ccccc3Cl)n12.COc1ccc2nc(C)c3nnc(-c4ccccc4Cl)n3c2c1. The van der Waals surface area contributed by atoms with E-state index in [1.54, 1.807) is 14.2 Å². The number of aryl methyl sites for hydroxylation is 2. The smallest absolute Gasteiger partial charge is 0.183 e. The van der Waals surface area contributed by atoms with E-state index in [4.69, 9.17) is 32.7 Å². The lowest BCUT2D eigenvalue weighted by atomic mass is 10.2. The van der Waals surface area contributed by atoms with Gasteiger partial charge in [0.1, 0.15) is 11.5 Å². The predicted octanol–water partition coefficient (Wildman–Crippen LogP) is 7.83. The van der Waals surface area contributed by atoms with Crippen LogP contribution in [0.2, 0.25) is 10.0 Å². The quantitative estimate of drug-likeness (QED) is 0.190. The molecule has 0 atom stereocenters. The van der Waals surface area contributed by atoms with Crippen LogP contribution in [-0.4, -0.2) is 53.4 Å². The molecule has 0 radical (unpaired) electrons. The highest BCUT2D eigenvalue weighted by Gasteiger charge is 2.18. The Morgan fingerprint density at radius 1 is 0.543 bits per heavy atom. The molecule has 4 aromatic heterocycles. The molecule has 4 heterocycles. The minimum atomic E-state index is 0.632. The molecule has 0 spiro atoms. The molecule has 8 aromatic rings. The van der Waals surface area contributed by atoms with Crippen molar-refractivity contribution in [1.82, 2.24) is 39.2 Å². The lowest BCUT2D eigenvalue weighted by Crippen LogP contribution is -1.98. The molecule has 0 N–H and O–H groups in total. The molecule has 0 fully saturated rings. The molecule has 228 valence electrons. The fourth-order valence-corrected chi connectivity index (χ4v) is 5.84. The van der Waals surface area contributed by atoms with Crippen LogP contribution in [0.4, 0.5) is 0 Å². The van der Waals surface area contributed by atoms with Crippen molar-refractivity contribution in [3.63, 3.8) is 0 Å². The summed E-state index contributed by atoms with van der Waals surface area (Å²) in [4.78, 5) is 9.20. The number of rotatable bonds is 4. The van der Waals surface area contributed by atoms with E-state index in [-0.39, 0.29) is 0 Å². The van der Waals surface area contributed by atoms with Crippen molar-refractivity contribution < 1.29 is 9.47 Å². The second-order valence-electron chi connectivity index (χ2n) is 10.4. The zero-order chi connectivity index (χ0) is 31.9. The van der Waals surface area contributed by atoms with Crippen LogP contribution in [0, 0.1) is 13.8 Å². The molecule has 0 aliphatic rings. The number of aromatic nitrogens is 8. The number of ether oxygens (including phenoxy) is 2.